The largest absolute Gasteiger partial charge is 0.463 e. The van der Waals surface area contributed by atoms with Crippen molar-refractivity contribution in [1.82, 2.24) is 10.2 Å². The highest BCUT2D eigenvalue weighted by atomic mass is 16.6. The molecule has 1 rings (SSSR count). The number of methoxy groups -OCH3 is 1. The lowest BCUT2D eigenvalue weighted by Crippen LogP contribution is -2.40. The molecule has 0 bridgehead atoms. The van der Waals surface area contributed by atoms with Crippen LogP contribution in [0.3, 0.4) is 0 Å². The molecule has 0 aliphatic rings. The topological polar surface area (TPSA) is 81.0 Å². The molecular formula is C16H26N2O5. The third kappa shape index (κ3) is 6.32. The summed E-state index contributed by atoms with van der Waals surface area (Å²) < 4.78 is 15.1. The van der Waals surface area contributed by atoms with Crippen molar-refractivity contribution in [3.63, 3.8) is 0 Å². The average Bonchev–Trinajstić information content (AvgIpc) is 2.93. The zero-order valence-electron chi connectivity index (χ0n) is 14.5. The van der Waals surface area contributed by atoms with Crippen LogP contribution >= 0.6 is 0 Å². The molecule has 1 N–H and O–H groups in total. The van der Waals surface area contributed by atoms with Gasteiger partial charge in [0.05, 0.1) is 13.4 Å². The third-order valence-corrected chi connectivity index (χ3v) is 3.02. The van der Waals surface area contributed by atoms with Crippen LogP contribution in [-0.2, 0) is 16.0 Å². The van der Waals surface area contributed by atoms with Crippen molar-refractivity contribution >= 4 is 12.1 Å². The Hall–Kier alpha value is -2.02. The average molecular weight is 326 g/mol. The summed E-state index contributed by atoms with van der Waals surface area (Å²) in [6.45, 7) is 9.51. The highest BCUT2D eigenvalue weighted by Gasteiger charge is 2.21. The Labute approximate surface area is 136 Å². The molecule has 0 radical (unpaired) electrons. The van der Waals surface area contributed by atoms with Crippen LogP contribution in [0.25, 0.3) is 0 Å². The molecule has 1 aromatic heterocycles. The zero-order valence-corrected chi connectivity index (χ0v) is 14.5. The van der Waals surface area contributed by atoms with Gasteiger partial charge in [0, 0.05) is 31.7 Å². The van der Waals surface area contributed by atoms with Gasteiger partial charge in [-0.15, -0.1) is 0 Å². The molecule has 23 heavy (non-hydrogen) atoms. The minimum Gasteiger partial charge on any atom is -0.463 e. The molecule has 0 aliphatic heterocycles. The normalized spacial score (nSPS) is 11.2. The summed E-state index contributed by atoms with van der Waals surface area (Å²) in [6.07, 6.45) is 1.11. The van der Waals surface area contributed by atoms with Crippen LogP contribution in [0.1, 0.15) is 43.8 Å². The number of amides is 1. The van der Waals surface area contributed by atoms with E-state index in [2.05, 4.69) is 10.1 Å². The van der Waals surface area contributed by atoms with E-state index in [-0.39, 0.29) is 11.9 Å². The summed E-state index contributed by atoms with van der Waals surface area (Å²) in [6, 6.07) is 1.71. The van der Waals surface area contributed by atoms with Crippen molar-refractivity contribution in [2.75, 3.05) is 26.7 Å². The van der Waals surface area contributed by atoms with E-state index in [4.69, 9.17) is 9.15 Å². The molecule has 0 aromatic carbocycles. The van der Waals surface area contributed by atoms with E-state index in [1.54, 1.807) is 11.0 Å². The molecular weight excluding hydrogens is 300 g/mol. The second kappa shape index (κ2) is 8.57. The van der Waals surface area contributed by atoms with Gasteiger partial charge in [0.2, 0.25) is 5.76 Å². The van der Waals surface area contributed by atoms with E-state index in [0.717, 1.165) is 5.56 Å². The highest BCUT2D eigenvalue weighted by molar-refractivity contribution is 5.87. The Morgan fingerprint density at radius 1 is 1.35 bits per heavy atom. The quantitative estimate of drug-likeness (QED) is 0.612. The van der Waals surface area contributed by atoms with Crippen LogP contribution in [0.2, 0.25) is 0 Å². The van der Waals surface area contributed by atoms with Gasteiger partial charge in [-0.2, -0.15) is 0 Å². The fourth-order valence-electron chi connectivity index (χ4n) is 1.89. The van der Waals surface area contributed by atoms with Crippen molar-refractivity contribution in [3.05, 3.63) is 23.7 Å². The lowest BCUT2D eigenvalue weighted by Gasteiger charge is -2.26. The SMILES string of the molecule is CCN(CCNCc1ccoc1C(=O)OC)C(=O)OC(C)(C)C. The molecule has 1 amide bonds. The first kappa shape index (κ1) is 19.0. The van der Waals surface area contributed by atoms with Gasteiger partial charge in [-0.05, 0) is 33.8 Å². The Morgan fingerprint density at radius 2 is 2.04 bits per heavy atom. The first-order valence-electron chi connectivity index (χ1n) is 7.61. The molecule has 0 unspecified atom stereocenters. The van der Waals surface area contributed by atoms with E-state index in [1.165, 1.54) is 13.4 Å². The molecule has 0 saturated carbocycles. The Bertz CT molecular complexity index is 519. The van der Waals surface area contributed by atoms with Gasteiger partial charge in [0.25, 0.3) is 0 Å². The summed E-state index contributed by atoms with van der Waals surface area (Å²) in [7, 11) is 1.31. The number of hydrogen-bond acceptors (Lipinski definition) is 6. The number of hydrogen-bond donors (Lipinski definition) is 1. The predicted molar refractivity (Wildman–Crippen MR) is 85.2 cm³/mol. The summed E-state index contributed by atoms with van der Waals surface area (Å²) >= 11 is 0. The predicted octanol–water partition coefficient (Wildman–Crippen LogP) is 2.41. The van der Waals surface area contributed by atoms with Gasteiger partial charge in [-0.25, -0.2) is 9.59 Å². The second-order valence-electron chi connectivity index (χ2n) is 6.00. The third-order valence-electron chi connectivity index (χ3n) is 3.02. The van der Waals surface area contributed by atoms with Crippen LogP contribution in [0, 0.1) is 0 Å². The van der Waals surface area contributed by atoms with E-state index in [9.17, 15) is 9.59 Å². The fourth-order valence-corrected chi connectivity index (χ4v) is 1.89. The van der Waals surface area contributed by atoms with Crippen molar-refractivity contribution in [3.8, 4) is 0 Å². The van der Waals surface area contributed by atoms with Crippen LogP contribution in [0.5, 0.6) is 0 Å². The number of likely N-dealkylation sites (N-methyl/N-ethyl adjacent to an activating group) is 1. The summed E-state index contributed by atoms with van der Waals surface area (Å²) in [5, 5.41) is 3.17. The number of nitrogens with one attached hydrogen (secondary N) is 1. The number of furan rings is 1. The monoisotopic (exact) mass is 326 g/mol. The molecule has 0 fully saturated rings. The minimum atomic E-state index is -0.510. The first-order valence-corrected chi connectivity index (χ1v) is 7.61. The second-order valence-corrected chi connectivity index (χ2v) is 6.00. The number of nitrogens with zero attached hydrogens (tertiary/aromatic N) is 1. The maximum atomic E-state index is 12.0. The van der Waals surface area contributed by atoms with Gasteiger partial charge < -0.3 is 24.1 Å². The van der Waals surface area contributed by atoms with E-state index < -0.39 is 11.6 Å². The van der Waals surface area contributed by atoms with Crippen molar-refractivity contribution in [2.24, 2.45) is 0 Å². The number of carbonyl (C=O) groups is 2. The Kier molecular flexibility index (Phi) is 7.09. The van der Waals surface area contributed by atoms with Gasteiger partial charge >= 0.3 is 12.1 Å². The highest BCUT2D eigenvalue weighted by Crippen LogP contribution is 2.12. The van der Waals surface area contributed by atoms with Gasteiger partial charge in [-0.1, -0.05) is 0 Å². The van der Waals surface area contributed by atoms with Crippen LogP contribution in [0.15, 0.2) is 16.7 Å². The van der Waals surface area contributed by atoms with E-state index in [0.29, 0.717) is 26.2 Å². The number of esters is 1. The van der Waals surface area contributed by atoms with Crippen LogP contribution in [0.4, 0.5) is 4.79 Å². The standard InChI is InChI=1S/C16H26N2O5/c1-6-18(15(20)23-16(2,3)4)9-8-17-11-12-7-10-22-13(12)14(19)21-5/h7,10,17H,6,8-9,11H2,1-5H3. The first-order chi connectivity index (χ1) is 10.8. The summed E-state index contributed by atoms with van der Waals surface area (Å²) in [5.41, 5.74) is 0.210. The van der Waals surface area contributed by atoms with Crippen molar-refractivity contribution in [2.45, 2.75) is 39.8 Å². The van der Waals surface area contributed by atoms with E-state index >= 15 is 0 Å². The molecule has 7 nitrogen and oxygen atoms in total. The molecule has 130 valence electrons. The molecule has 1 heterocycles. The van der Waals surface area contributed by atoms with E-state index in [1.807, 2.05) is 27.7 Å². The Balaban J connectivity index is 2.43. The van der Waals surface area contributed by atoms with Crippen LogP contribution < -0.4 is 5.32 Å². The maximum absolute atomic E-state index is 12.0. The molecule has 7 heteroatoms. The lowest BCUT2D eigenvalue weighted by atomic mass is 10.2. The van der Waals surface area contributed by atoms with Crippen molar-refractivity contribution < 1.29 is 23.5 Å². The van der Waals surface area contributed by atoms with Gasteiger partial charge in [0.1, 0.15) is 5.60 Å². The Morgan fingerprint density at radius 3 is 2.61 bits per heavy atom. The summed E-state index contributed by atoms with van der Waals surface area (Å²) in [4.78, 5) is 25.1. The number of rotatable bonds is 7. The molecule has 0 atom stereocenters. The number of carbonyl (C=O) groups excluding carboxylic acids is 2. The number of ether oxygens (including phenoxy) is 2. The lowest BCUT2D eigenvalue weighted by molar-refractivity contribution is 0.0262. The van der Waals surface area contributed by atoms with Crippen LogP contribution in [-0.4, -0.2) is 49.3 Å². The smallest absolute Gasteiger partial charge is 0.410 e. The maximum Gasteiger partial charge on any atom is 0.410 e. The molecule has 0 spiro atoms. The fraction of sp³-hybridized carbons (Fsp3) is 0.625. The molecule has 0 saturated heterocycles. The minimum absolute atomic E-state index is 0.194. The molecule has 1 aromatic rings. The summed E-state index contributed by atoms with van der Waals surface area (Å²) in [5.74, 6) is -0.310. The van der Waals surface area contributed by atoms with Gasteiger partial charge in [-0.3, -0.25) is 0 Å². The van der Waals surface area contributed by atoms with Crippen molar-refractivity contribution in [1.29, 1.82) is 0 Å². The van der Waals surface area contributed by atoms with Gasteiger partial charge in [0.15, 0.2) is 0 Å². The zero-order chi connectivity index (χ0) is 17.5. The molecule has 0 aliphatic carbocycles.